The van der Waals surface area contributed by atoms with Crippen LogP contribution in [0.3, 0.4) is 0 Å². The highest BCUT2D eigenvalue weighted by atomic mass is 32.2. The average molecular weight is 857 g/mol. The summed E-state index contributed by atoms with van der Waals surface area (Å²) in [6.45, 7) is 24.6. The van der Waals surface area contributed by atoms with Crippen LogP contribution in [0, 0.1) is 28.6 Å². The maximum Gasteiger partial charge on any atom is 0.187 e. The van der Waals surface area contributed by atoms with Gasteiger partial charge < -0.3 is 10.2 Å². The lowest BCUT2D eigenvalue weighted by Gasteiger charge is -2.42. The molecular weight excluding hydrogens is 785 g/mol. The van der Waals surface area contributed by atoms with Crippen LogP contribution in [0.1, 0.15) is 114 Å². The van der Waals surface area contributed by atoms with E-state index in [1.54, 1.807) is 85.8 Å². The van der Waals surface area contributed by atoms with Crippen molar-refractivity contribution in [1.82, 2.24) is 0 Å². The topological polar surface area (TPSA) is 109 Å². The van der Waals surface area contributed by atoms with Crippen LogP contribution >= 0.6 is 0 Å². The van der Waals surface area contributed by atoms with Crippen LogP contribution in [0.15, 0.2) is 153 Å². The summed E-state index contributed by atoms with van der Waals surface area (Å²) in [7, 11) is -7.98. The number of benzene rings is 2. The van der Waals surface area contributed by atoms with E-state index in [4.69, 9.17) is 0 Å². The van der Waals surface area contributed by atoms with E-state index >= 15 is 0 Å². The molecule has 0 amide bonds. The quantitative estimate of drug-likeness (QED) is 0.114. The summed E-state index contributed by atoms with van der Waals surface area (Å²) in [5.41, 5.74) is 6.28. The Bertz CT molecular complexity index is 2200. The molecule has 7 atom stereocenters. The third kappa shape index (κ3) is 11.7. The summed E-state index contributed by atoms with van der Waals surface area (Å²) in [6.07, 6.45) is 17.1. The Morgan fingerprint density at radius 3 is 1.72 bits per heavy atom. The van der Waals surface area contributed by atoms with Crippen molar-refractivity contribution < 1.29 is 27.0 Å². The molecule has 60 heavy (non-hydrogen) atoms. The lowest BCUT2D eigenvalue weighted by molar-refractivity contribution is 0.0995. The zero-order chi connectivity index (χ0) is 44.6. The van der Waals surface area contributed by atoms with Crippen molar-refractivity contribution in [1.29, 1.82) is 0 Å². The van der Waals surface area contributed by atoms with E-state index in [-0.39, 0.29) is 26.5 Å². The first-order valence-electron chi connectivity index (χ1n) is 21.7. The van der Waals surface area contributed by atoms with Gasteiger partial charge in [-0.3, -0.25) is 0 Å². The molecule has 2 aromatic carbocycles. The summed E-state index contributed by atoms with van der Waals surface area (Å²) in [5.74, 6) is -1.34. The highest BCUT2D eigenvalue weighted by molar-refractivity contribution is 7.92. The van der Waals surface area contributed by atoms with Crippen molar-refractivity contribution in [3.63, 3.8) is 0 Å². The summed E-state index contributed by atoms with van der Waals surface area (Å²) in [6, 6.07) is 16.6. The average Bonchev–Trinajstić information content (AvgIpc) is 3.20. The zero-order valence-electron chi connectivity index (χ0n) is 37.9. The largest absolute Gasteiger partial charge is 0.391 e. The molecule has 6 nitrogen and oxygen atoms in total. The molecule has 0 saturated carbocycles. The van der Waals surface area contributed by atoms with Gasteiger partial charge >= 0.3 is 0 Å². The number of rotatable bonds is 18. The fraction of sp³-hybridized carbons (Fsp3) is 0.500. The normalized spacial score (nSPS) is 21.7. The predicted molar refractivity (Wildman–Crippen MR) is 250 cm³/mol. The lowest BCUT2D eigenvalue weighted by Crippen LogP contribution is -2.42. The Hall–Kier alpha value is -3.56. The van der Waals surface area contributed by atoms with Gasteiger partial charge in [-0.05, 0) is 125 Å². The maximum atomic E-state index is 14.6. The van der Waals surface area contributed by atoms with Gasteiger partial charge in [-0.15, -0.1) is 0 Å². The predicted octanol–water partition coefficient (Wildman–Crippen LogP) is 11.9. The van der Waals surface area contributed by atoms with E-state index in [1.165, 1.54) is 22.3 Å². The SMILES string of the molecule is C=C/C(C)=C/C(C(O)C(C)C/C=C/C(C1=C(C)CCCC1(C)C)C(C)C(O)C(/C=C(C)/C=C/C1=C(C)CCCC1(C)C)S(=O)(=O)c1ccccc1)S(=O)(=O)c1ccccc1. The van der Waals surface area contributed by atoms with Crippen LogP contribution in [-0.4, -0.2) is 49.8 Å². The smallest absolute Gasteiger partial charge is 0.187 e. The highest BCUT2D eigenvalue weighted by Gasteiger charge is 2.42. The van der Waals surface area contributed by atoms with E-state index in [0.29, 0.717) is 12.0 Å². The summed E-state index contributed by atoms with van der Waals surface area (Å²) >= 11 is 0. The van der Waals surface area contributed by atoms with Gasteiger partial charge in [-0.1, -0.05) is 155 Å². The molecule has 2 aliphatic rings. The van der Waals surface area contributed by atoms with Gasteiger partial charge in [0.1, 0.15) is 10.5 Å². The molecule has 4 rings (SSSR count). The van der Waals surface area contributed by atoms with Crippen LogP contribution < -0.4 is 0 Å². The van der Waals surface area contributed by atoms with Gasteiger partial charge in [0, 0.05) is 5.92 Å². The molecule has 0 saturated heterocycles. The molecule has 0 bridgehead atoms. The minimum atomic E-state index is -4.04. The Morgan fingerprint density at radius 2 is 1.22 bits per heavy atom. The Labute approximate surface area is 363 Å². The van der Waals surface area contributed by atoms with Crippen LogP contribution in [0.25, 0.3) is 0 Å². The van der Waals surface area contributed by atoms with Crippen molar-refractivity contribution >= 4 is 19.7 Å². The summed E-state index contributed by atoms with van der Waals surface area (Å²) in [4.78, 5) is 0.296. The second-order valence-electron chi connectivity index (χ2n) is 18.9. The van der Waals surface area contributed by atoms with E-state index in [2.05, 4.69) is 60.3 Å². The highest BCUT2D eigenvalue weighted by Crippen LogP contribution is 2.48. The Morgan fingerprint density at radius 1 is 0.733 bits per heavy atom. The molecule has 2 aromatic rings. The molecule has 328 valence electrons. The monoisotopic (exact) mass is 856 g/mol. The number of hydrogen-bond donors (Lipinski definition) is 2. The fourth-order valence-electron chi connectivity index (χ4n) is 9.47. The second-order valence-corrected chi connectivity index (χ2v) is 23.1. The second kappa shape index (κ2) is 20.5. The molecule has 7 unspecified atom stereocenters. The third-order valence-corrected chi connectivity index (χ3v) is 17.3. The number of hydrogen-bond acceptors (Lipinski definition) is 6. The van der Waals surface area contributed by atoms with E-state index in [1.807, 2.05) is 32.9 Å². The summed E-state index contributed by atoms with van der Waals surface area (Å²) < 4.78 is 57.1. The molecule has 2 aliphatic carbocycles. The van der Waals surface area contributed by atoms with Crippen LogP contribution in [0.4, 0.5) is 0 Å². The molecule has 0 aliphatic heterocycles. The minimum Gasteiger partial charge on any atom is -0.391 e. The van der Waals surface area contributed by atoms with Crippen molar-refractivity contribution in [3.8, 4) is 0 Å². The van der Waals surface area contributed by atoms with Gasteiger partial charge in [-0.2, -0.15) is 0 Å². The van der Waals surface area contributed by atoms with Gasteiger partial charge in [0.25, 0.3) is 0 Å². The van der Waals surface area contributed by atoms with E-state index < -0.39 is 54.2 Å². The zero-order valence-corrected chi connectivity index (χ0v) is 39.5. The minimum absolute atomic E-state index is 0.0203. The molecule has 0 heterocycles. The Kier molecular flexibility index (Phi) is 16.8. The molecule has 8 heteroatoms. The number of aliphatic hydroxyl groups is 2. The maximum absolute atomic E-state index is 14.6. The van der Waals surface area contributed by atoms with Crippen molar-refractivity contribution in [2.75, 3.05) is 0 Å². The van der Waals surface area contributed by atoms with Crippen molar-refractivity contribution in [2.45, 2.75) is 147 Å². The Balaban J connectivity index is 1.77. The number of sulfone groups is 2. The van der Waals surface area contributed by atoms with Gasteiger partial charge in [0.2, 0.25) is 0 Å². The first-order chi connectivity index (χ1) is 28.1. The molecule has 0 spiro atoms. The molecule has 0 aromatic heterocycles. The molecular formula is C52H72O6S2. The third-order valence-electron chi connectivity index (χ3n) is 13.2. The molecule has 0 fully saturated rings. The van der Waals surface area contributed by atoms with E-state index in [9.17, 15) is 27.0 Å². The van der Waals surface area contributed by atoms with Crippen molar-refractivity contribution in [2.24, 2.45) is 28.6 Å². The molecule has 0 radical (unpaired) electrons. The van der Waals surface area contributed by atoms with E-state index in [0.717, 1.165) is 44.1 Å². The first-order valence-corrected chi connectivity index (χ1v) is 24.8. The van der Waals surface area contributed by atoms with Crippen molar-refractivity contribution in [3.05, 3.63) is 143 Å². The number of aliphatic hydroxyl groups excluding tert-OH is 2. The van der Waals surface area contributed by atoms with Gasteiger partial charge in [0.15, 0.2) is 19.7 Å². The van der Waals surface area contributed by atoms with Crippen LogP contribution in [-0.2, 0) is 19.7 Å². The lowest BCUT2D eigenvalue weighted by atomic mass is 9.64. The van der Waals surface area contributed by atoms with Crippen LogP contribution in [0.2, 0.25) is 0 Å². The molecule has 2 N–H and O–H groups in total. The van der Waals surface area contributed by atoms with Gasteiger partial charge in [-0.25, -0.2) is 16.8 Å². The first kappa shape index (κ1) is 49.1. The summed E-state index contributed by atoms with van der Waals surface area (Å²) in [5, 5.41) is 21.9. The van der Waals surface area contributed by atoms with Gasteiger partial charge in [0.05, 0.1) is 22.0 Å². The standard InChI is InChI=1S/C52H72O6S2/c1-12-36(2)34-46(59(55,56)42-25-15-13-16-26-42)49(53)40(6)22-19-29-44(48-39(5)24-21-33-52(48,10)11)41(7)50(54)47(60(57,58)43-27-17-14-18-28-43)35-37(3)30-31-45-38(4)23-20-32-51(45,8)9/h12-19,25-31,34-35,40-41,44,46-47,49-50,53-54H,1,20-24,32-33H2,2-11H3/b29-19+,31-30+,36-34+,37-35+. The number of allylic oxidation sites excluding steroid dienone is 11. The fourth-order valence-corrected chi connectivity index (χ4v) is 13.2. The van der Waals surface area contributed by atoms with Crippen LogP contribution in [0.5, 0.6) is 0 Å².